The third kappa shape index (κ3) is 2.11. The lowest BCUT2D eigenvalue weighted by Gasteiger charge is -2.05. The summed E-state index contributed by atoms with van der Waals surface area (Å²) in [6.07, 6.45) is 0. The van der Waals surface area contributed by atoms with Crippen LogP contribution >= 0.6 is 27.5 Å². The maximum absolute atomic E-state index is 9.61. The zero-order valence-corrected chi connectivity index (χ0v) is 12.4. The van der Waals surface area contributed by atoms with Crippen LogP contribution in [0.25, 0.3) is 22.4 Å². The Hall–Kier alpha value is -1.52. The third-order valence-electron chi connectivity index (χ3n) is 3.03. The van der Waals surface area contributed by atoms with E-state index in [1.54, 1.807) is 18.2 Å². The highest BCUT2D eigenvalue weighted by molar-refractivity contribution is 9.10. The SMILES string of the molecule is Cn1c(-c2cc(O)ccc2Cl)nc2cc(Br)ccc21. The van der Waals surface area contributed by atoms with Gasteiger partial charge in [0.25, 0.3) is 0 Å². The van der Waals surface area contributed by atoms with Gasteiger partial charge in [0.05, 0.1) is 16.1 Å². The Balaban J connectivity index is 2.30. The summed E-state index contributed by atoms with van der Waals surface area (Å²) in [5.41, 5.74) is 2.61. The molecule has 2 aromatic carbocycles. The van der Waals surface area contributed by atoms with Crippen molar-refractivity contribution in [3.05, 3.63) is 45.9 Å². The molecule has 0 atom stereocenters. The van der Waals surface area contributed by atoms with E-state index in [1.807, 2.05) is 29.8 Å². The van der Waals surface area contributed by atoms with E-state index in [0.717, 1.165) is 26.9 Å². The molecule has 0 saturated carbocycles. The maximum atomic E-state index is 9.61. The van der Waals surface area contributed by atoms with Crippen LogP contribution in [0.4, 0.5) is 0 Å². The number of nitrogens with zero attached hydrogens (tertiary/aromatic N) is 2. The van der Waals surface area contributed by atoms with Crippen LogP contribution < -0.4 is 0 Å². The molecule has 0 unspecified atom stereocenters. The Morgan fingerprint density at radius 2 is 2.00 bits per heavy atom. The molecule has 96 valence electrons. The number of phenols is 1. The summed E-state index contributed by atoms with van der Waals surface area (Å²) in [5.74, 6) is 0.904. The summed E-state index contributed by atoms with van der Waals surface area (Å²) in [4.78, 5) is 4.58. The number of aryl methyl sites for hydroxylation is 1. The smallest absolute Gasteiger partial charge is 0.142 e. The van der Waals surface area contributed by atoms with Crippen LogP contribution in [0.2, 0.25) is 5.02 Å². The Morgan fingerprint density at radius 3 is 2.79 bits per heavy atom. The van der Waals surface area contributed by atoms with Crippen molar-refractivity contribution in [3.8, 4) is 17.1 Å². The van der Waals surface area contributed by atoms with Crippen molar-refractivity contribution in [3.63, 3.8) is 0 Å². The molecule has 0 saturated heterocycles. The quantitative estimate of drug-likeness (QED) is 0.716. The molecule has 0 aliphatic carbocycles. The number of phenolic OH excluding ortho intramolecular Hbond substituents is 1. The van der Waals surface area contributed by atoms with E-state index in [9.17, 15) is 5.11 Å². The fourth-order valence-electron chi connectivity index (χ4n) is 2.10. The van der Waals surface area contributed by atoms with Crippen LogP contribution in [0.5, 0.6) is 5.75 Å². The van der Waals surface area contributed by atoms with Gasteiger partial charge in [-0.15, -0.1) is 0 Å². The van der Waals surface area contributed by atoms with Gasteiger partial charge in [0.1, 0.15) is 11.6 Å². The Morgan fingerprint density at radius 1 is 1.21 bits per heavy atom. The minimum absolute atomic E-state index is 0.174. The van der Waals surface area contributed by atoms with Crippen LogP contribution in [0.1, 0.15) is 0 Å². The van der Waals surface area contributed by atoms with E-state index < -0.39 is 0 Å². The minimum atomic E-state index is 0.174. The summed E-state index contributed by atoms with van der Waals surface area (Å²) in [6, 6.07) is 10.8. The van der Waals surface area contributed by atoms with Crippen molar-refractivity contribution in [2.75, 3.05) is 0 Å². The topological polar surface area (TPSA) is 38.0 Å². The first kappa shape index (κ1) is 12.5. The van der Waals surface area contributed by atoms with Crippen LogP contribution in [0.3, 0.4) is 0 Å². The van der Waals surface area contributed by atoms with Crippen molar-refractivity contribution < 1.29 is 5.11 Å². The van der Waals surface area contributed by atoms with Crippen molar-refractivity contribution in [1.29, 1.82) is 0 Å². The van der Waals surface area contributed by atoms with Gasteiger partial charge >= 0.3 is 0 Å². The number of fused-ring (bicyclic) bond motifs is 1. The molecule has 0 aliphatic heterocycles. The van der Waals surface area contributed by atoms with Crippen molar-refractivity contribution in [2.24, 2.45) is 7.05 Å². The standard InChI is InChI=1S/C14H10BrClN2O/c1-18-13-5-2-8(15)6-12(13)17-14(18)10-7-9(19)3-4-11(10)16/h2-7,19H,1H3. The largest absolute Gasteiger partial charge is 0.508 e. The summed E-state index contributed by atoms with van der Waals surface area (Å²) in [5, 5.41) is 10.2. The van der Waals surface area contributed by atoms with Gasteiger partial charge in [-0.2, -0.15) is 0 Å². The van der Waals surface area contributed by atoms with Crippen molar-refractivity contribution in [1.82, 2.24) is 9.55 Å². The molecule has 1 aromatic heterocycles. The molecule has 0 spiro atoms. The van der Waals surface area contributed by atoms with Crippen molar-refractivity contribution in [2.45, 2.75) is 0 Å². The molecule has 3 rings (SSSR count). The van der Waals surface area contributed by atoms with E-state index in [4.69, 9.17) is 11.6 Å². The van der Waals surface area contributed by atoms with Gasteiger partial charge in [-0.1, -0.05) is 27.5 Å². The van der Waals surface area contributed by atoms with Gasteiger partial charge in [0.2, 0.25) is 0 Å². The second-order valence-corrected chi connectivity index (χ2v) is 5.61. The molecule has 0 amide bonds. The van der Waals surface area contributed by atoms with Crippen LogP contribution in [0, 0.1) is 0 Å². The van der Waals surface area contributed by atoms with Crippen LogP contribution in [-0.2, 0) is 7.05 Å². The summed E-state index contributed by atoms with van der Waals surface area (Å²) >= 11 is 9.62. The van der Waals surface area contributed by atoms with Gasteiger partial charge in [0.15, 0.2) is 0 Å². The molecule has 3 aromatic rings. The molecular formula is C14H10BrClN2O. The second-order valence-electron chi connectivity index (χ2n) is 4.29. The van der Waals surface area contributed by atoms with Gasteiger partial charge in [0, 0.05) is 17.1 Å². The van der Waals surface area contributed by atoms with E-state index in [1.165, 1.54) is 0 Å². The van der Waals surface area contributed by atoms with Crippen molar-refractivity contribution >= 4 is 38.6 Å². The third-order valence-corrected chi connectivity index (χ3v) is 3.86. The summed E-state index contributed by atoms with van der Waals surface area (Å²) in [7, 11) is 1.93. The van der Waals surface area contributed by atoms with Crippen LogP contribution in [0.15, 0.2) is 40.9 Å². The lowest BCUT2D eigenvalue weighted by atomic mass is 10.2. The molecule has 1 heterocycles. The Labute approximate surface area is 123 Å². The molecule has 0 bridgehead atoms. The molecule has 0 aliphatic rings. The van der Waals surface area contributed by atoms with Crippen LogP contribution in [-0.4, -0.2) is 14.7 Å². The number of rotatable bonds is 1. The number of hydrogen-bond acceptors (Lipinski definition) is 2. The Bertz CT molecular complexity index is 782. The van der Waals surface area contributed by atoms with Gasteiger partial charge in [-0.05, 0) is 36.4 Å². The first-order valence-corrected chi connectivity index (χ1v) is 6.84. The zero-order chi connectivity index (χ0) is 13.6. The predicted molar refractivity (Wildman–Crippen MR) is 80.5 cm³/mol. The number of halogens is 2. The summed E-state index contributed by atoms with van der Waals surface area (Å²) in [6.45, 7) is 0. The van der Waals surface area contributed by atoms with Gasteiger partial charge in [-0.25, -0.2) is 4.98 Å². The van der Waals surface area contributed by atoms with E-state index in [-0.39, 0.29) is 5.75 Å². The van der Waals surface area contributed by atoms with E-state index >= 15 is 0 Å². The predicted octanol–water partition coefficient (Wildman–Crippen LogP) is 4.36. The molecule has 0 fully saturated rings. The minimum Gasteiger partial charge on any atom is -0.508 e. The number of imidazole rings is 1. The lowest BCUT2D eigenvalue weighted by Crippen LogP contribution is -1.93. The lowest BCUT2D eigenvalue weighted by molar-refractivity contribution is 0.475. The van der Waals surface area contributed by atoms with E-state index in [0.29, 0.717) is 5.02 Å². The zero-order valence-electron chi connectivity index (χ0n) is 10.1. The first-order chi connectivity index (χ1) is 9.06. The average molecular weight is 338 g/mol. The normalized spacial score (nSPS) is 11.1. The monoisotopic (exact) mass is 336 g/mol. The average Bonchev–Trinajstić information content (AvgIpc) is 2.69. The first-order valence-electron chi connectivity index (χ1n) is 5.67. The molecule has 19 heavy (non-hydrogen) atoms. The number of hydrogen-bond donors (Lipinski definition) is 1. The summed E-state index contributed by atoms with van der Waals surface area (Å²) < 4.78 is 2.94. The molecule has 5 heteroatoms. The molecule has 3 nitrogen and oxygen atoms in total. The molecular weight excluding hydrogens is 328 g/mol. The number of aromatic nitrogens is 2. The molecule has 0 radical (unpaired) electrons. The highest BCUT2D eigenvalue weighted by Gasteiger charge is 2.13. The second kappa shape index (κ2) is 4.54. The fraction of sp³-hybridized carbons (Fsp3) is 0.0714. The van der Waals surface area contributed by atoms with E-state index in [2.05, 4.69) is 20.9 Å². The molecule has 1 N–H and O–H groups in total. The Kier molecular flexibility index (Phi) is 2.99. The fourth-order valence-corrected chi connectivity index (χ4v) is 2.65. The highest BCUT2D eigenvalue weighted by atomic mass is 79.9. The van der Waals surface area contributed by atoms with Gasteiger partial charge in [-0.3, -0.25) is 0 Å². The highest BCUT2D eigenvalue weighted by Crippen LogP contribution is 2.32. The number of benzene rings is 2. The number of aromatic hydroxyl groups is 1. The maximum Gasteiger partial charge on any atom is 0.142 e. The van der Waals surface area contributed by atoms with Gasteiger partial charge < -0.3 is 9.67 Å².